The number of aliphatic imine (C=N–C) groups is 2. The number of benzene rings is 1. The van der Waals surface area contributed by atoms with E-state index in [0.717, 1.165) is 31.3 Å². The lowest BCUT2D eigenvalue weighted by molar-refractivity contribution is -0.126. The van der Waals surface area contributed by atoms with Crippen molar-refractivity contribution in [2.24, 2.45) is 9.98 Å². The number of hydrogen-bond donors (Lipinski definition) is 1. The zero-order valence-electron chi connectivity index (χ0n) is 21.5. The molecule has 17 heteroatoms. The Labute approximate surface area is 225 Å². The number of alkyl halides is 7. The SMILES string of the molecule is C=C(C=NCC(NC(=O)[C@@H]1C[C@@H](F)[C@H](C)N1S(=O)(=O)c1ccc(F)cc1)N(C)C(=NCC)C(F)(F)F)C(F)(F)F. The standard InChI is InChI=1S/C23H27F8N5O3S/c1-5-33-21(23(29,30)31)35(4)19(12-32-11-13(2)22(26,27)28)34-20(37)18-10-17(25)14(3)36(18)40(38,39)16-8-6-15(24)7-9-16/h6-9,11,14,17-19H,2,5,10,12H2,1,3-4H3,(H,34,37)/t14-,17+,18-,19?/m0/s1. The summed E-state index contributed by atoms with van der Waals surface area (Å²) in [6.07, 6.45) is -14.0. The van der Waals surface area contributed by atoms with Gasteiger partial charge >= 0.3 is 12.4 Å². The van der Waals surface area contributed by atoms with Crippen molar-refractivity contribution in [1.29, 1.82) is 0 Å². The van der Waals surface area contributed by atoms with Crippen molar-refractivity contribution < 1.29 is 48.3 Å². The van der Waals surface area contributed by atoms with Crippen LogP contribution in [-0.4, -0.2) is 92.5 Å². The molecule has 4 atom stereocenters. The summed E-state index contributed by atoms with van der Waals surface area (Å²) in [5, 5.41) is 2.13. The van der Waals surface area contributed by atoms with Crippen molar-refractivity contribution in [2.75, 3.05) is 20.1 Å². The quantitative estimate of drug-likeness (QED) is 0.200. The van der Waals surface area contributed by atoms with Gasteiger partial charge in [-0.2, -0.15) is 30.6 Å². The predicted molar refractivity (Wildman–Crippen MR) is 130 cm³/mol. The van der Waals surface area contributed by atoms with E-state index in [-0.39, 0.29) is 12.8 Å². The molecule has 0 aliphatic carbocycles. The van der Waals surface area contributed by atoms with Crippen LogP contribution in [0.5, 0.6) is 0 Å². The van der Waals surface area contributed by atoms with Crippen LogP contribution in [0, 0.1) is 5.82 Å². The number of rotatable bonds is 9. The van der Waals surface area contributed by atoms with Gasteiger partial charge in [0.25, 0.3) is 0 Å². The predicted octanol–water partition coefficient (Wildman–Crippen LogP) is 3.86. The van der Waals surface area contributed by atoms with E-state index in [4.69, 9.17) is 0 Å². The van der Waals surface area contributed by atoms with Crippen LogP contribution in [0.4, 0.5) is 35.1 Å². The Balaban J connectivity index is 2.45. The van der Waals surface area contributed by atoms with Gasteiger partial charge in [0.05, 0.1) is 23.1 Å². The van der Waals surface area contributed by atoms with Crippen LogP contribution in [0.15, 0.2) is 51.3 Å². The van der Waals surface area contributed by atoms with Crippen LogP contribution in [-0.2, 0) is 14.8 Å². The molecule has 1 aliphatic heterocycles. The molecule has 1 aromatic carbocycles. The highest BCUT2D eigenvalue weighted by Gasteiger charge is 2.50. The Hall–Kier alpha value is -3.08. The van der Waals surface area contributed by atoms with Crippen LogP contribution >= 0.6 is 0 Å². The average Bonchev–Trinajstić information content (AvgIpc) is 3.15. The van der Waals surface area contributed by atoms with Gasteiger partial charge in [-0.05, 0) is 38.1 Å². The van der Waals surface area contributed by atoms with Crippen LogP contribution < -0.4 is 5.32 Å². The molecule has 1 N–H and O–H groups in total. The Kier molecular flexibility index (Phi) is 10.4. The molecule has 0 radical (unpaired) electrons. The summed E-state index contributed by atoms with van der Waals surface area (Å²) in [5.41, 5.74) is -1.42. The van der Waals surface area contributed by atoms with Crippen molar-refractivity contribution in [3.05, 3.63) is 42.2 Å². The third kappa shape index (κ3) is 7.77. The molecule has 1 aromatic rings. The fourth-order valence-corrected chi connectivity index (χ4v) is 5.66. The second-order valence-electron chi connectivity index (χ2n) is 8.75. The lowest BCUT2D eigenvalue weighted by Gasteiger charge is -2.33. The van der Waals surface area contributed by atoms with Gasteiger partial charge in [0, 0.05) is 26.2 Å². The minimum absolute atomic E-state index is 0.262. The number of carbonyl (C=O) groups excluding carboxylic acids is 1. The first-order chi connectivity index (χ1) is 18.3. The number of halogens is 8. The van der Waals surface area contributed by atoms with Crippen LogP contribution in [0.1, 0.15) is 20.3 Å². The molecule has 1 amide bonds. The van der Waals surface area contributed by atoms with Crippen molar-refractivity contribution in [3.63, 3.8) is 0 Å². The first kappa shape index (κ1) is 33.1. The van der Waals surface area contributed by atoms with Crippen LogP contribution in [0.3, 0.4) is 0 Å². The van der Waals surface area contributed by atoms with Gasteiger partial charge in [-0.1, -0.05) is 6.58 Å². The minimum atomic E-state index is -5.04. The molecular formula is C23H27F8N5O3S. The molecule has 0 aromatic heterocycles. The van der Waals surface area contributed by atoms with E-state index >= 15 is 0 Å². The summed E-state index contributed by atoms with van der Waals surface area (Å²) in [5.74, 6) is -3.50. The van der Waals surface area contributed by atoms with Crippen molar-refractivity contribution >= 4 is 28.0 Å². The first-order valence-electron chi connectivity index (χ1n) is 11.7. The number of carbonyl (C=O) groups is 1. The molecule has 1 aliphatic rings. The Bertz CT molecular complexity index is 1230. The van der Waals surface area contributed by atoms with Gasteiger partial charge in [-0.3, -0.25) is 14.8 Å². The molecule has 0 bridgehead atoms. The van der Waals surface area contributed by atoms with E-state index in [1.54, 1.807) is 0 Å². The zero-order valence-corrected chi connectivity index (χ0v) is 22.3. The Morgan fingerprint density at radius 3 is 2.27 bits per heavy atom. The molecule has 0 spiro atoms. The smallest absolute Gasteiger partial charge is 0.334 e. The molecule has 1 saturated heterocycles. The number of hydrogen-bond acceptors (Lipinski definition) is 5. The second kappa shape index (κ2) is 12.6. The summed E-state index contributed by atoms with van der Waals surface area (Å²) >= 11 is 0. The third-order valence-electron chi connectivity index (χ3n) is 5.93. The number of allylic oxidation sites excluding steroid dienone is 1. The third-order valence-corrected chi connectivity index (χ3v) is 7.94. The fraction of sp³-hybridized carbons (Fsp3) is 0.522. The first-order valence-corrected chi connectivity index (χ1v) is 13.1. The lowest BCUT2D eigenvalue weighted by Crippen LogP contribution is -2.58. The summed E-state index contributed by atoms with van der Waals surface area (Å²) in [6.45, 7) is 4.01. The normalized spacial score (nSPS) is 22.0. The van der Waals surface area contributed by atoms with Crippen molar-refractivity contribution in [1.82, 2.24) is 14.5 Å². The molecule has 8 nitrogen and oxygen atoms in total. The lowest BCUT2D eigenvalue weighted by atomic mass is 10.1. The molecular weight excluding hydrogens is 578 g/mol. The van der Waals surface area contributed by atoms with E-state index < -0.39 is 87.8 Å². The maximum Gasteiger partial charge on any atom is 0.449 e. The van der Waals surface area contributed by atoms with Crippen LogP contribution in [0.25, 0.3) is 0 Å². The largest absolute Gasteiger partial charge is 0.449 e. The van der Waals surface area contributed by atoms with Crippen molar-refractivity contribution in [3.8, 4) is 0 Å². The highest BCUT2D eigenvalue weighted by molar-refractivity contribution is 7.89. The summed E-state index contributed by atoms with van der Waals surface area (Å²) in [4.78, 5) is 20.0. The highest BCUT2D eigenvalue weighted by Crippen LogP contribution is 2.33. The minimum Gasteiger partial charge on any atom is -0.334 e. The van der Waals surface area contributed by atoms with Gasteiger partial charge in [0.2, 0.25) is 21.8 Å². The molecule has 0 saturated carbocycles. The summed E-state index contributed by atoms with van der Waals surface area (Å²) in [7, 11) is -3.75. The van der Waals surface area contributed by atoms with E-state index in [1.165, 1.54) is 13.8 Å². The zero-order chi connectivity index (χ0) is 30.6. The van der Waals surface area contributed by atoms with E-state index in [1.807, 2.05) is 0 Å². The number of amides is 1. The molecule has 1 heterocycles. The molecule has 2 rings (SSSR count). The van der Waals surface area contributed by atoms with E-state index in [9.17, 15) is 48.3 Å². The van der Waals surface area contributed by atoms with Crippen molar-refractivity contribution in [2.45, 2.75) is 61.9 Å². The van der Waals surface area contributed by atoms with Gasteiger partial charge in [-0.25, -0.2) is 17.2 Å². The maximum absolute atomic E-state index is 14.7. The second-order valence-corrected chi connectivity index (χ2v) is 10.6. The number of sulfonamides is 1. The highest BCUT2D eigenvalue weighted by atomic mass is 32.2. The molecule has 224 valence electrons. The van der Waals surface area contributed by atoms with Crippen LogP contribution in [0.2, 0.25) is 0 Å². The average molecular weight is 606 g/mol. The number of likely N-dealkylation sites (N-methyl/N-ethyl adjacent to an activating group) is 1. The molecule has 40 heavy (non-hydrogen) atoms. The van der Waals surface area contributed by atoms with Gasteiger partial charge in [0.15, 0.2) is 0 Å². The maximum atomic E-state index is 14.7. The number of nitrogens with one attached hydrogen (secondary N) is 1. The topological polar surface area (TPSA) is 94.4 Å². The number of nitrogens with zero attached hydrogens (tertiary/aromatic N) is 4. The van der Waals surface area contributed by atoms with E-state index in [0.29, 0.717) is 9.21 Å². The van der Waals surface area contributed by atoms with Gasteiger partial charge in [0.1, 0.15) is 24.2 Å². The fourth-order valence-electron chi connectivity index (χ4n) is 3.85. The van der Waals surface area contributed by atoms with E-state index in [2.05, 4.69) is 21.9 Å². The monoisotopic (exact) mass is 605 g/mol. The number of amidine groups is 1. The Morgan fingerprint density at radius 2 is 1.77 bits per heavy atom. The van der Waals surface area contributed by atoms with Gasteiger partial charge < -0.3 is 10.2 Å². The Morgan fingerprint density at radius 1 is 1.20 bits per heavy atom. The summed E-state index contributed by atoms with van der Waals surface area (Å²) in [6, 6.07) is 0.310. The molecule has 1 fully saturated rings. The molecule has 1 unspecified atom stereocenters. The summed E-state index contributed by atoms with van der Waals surface area (Å²) < 4.78 is 134. The van der Waals surface area contributed by atoms with Gasteiger partial charge in [-0.15, -0.1) is 0 Å².